The van der Waals surface area contributed by atoms with Crippen LogP contribution in [0.25, 0.3) is 11.1 Å². The highest BCUT2D eigenvalue weighted by atomic mass is 35.5. The first-order valence-corrected chi connectivity index (χ1v) is 10.2. The van der Waals surface area contributed by atoms with Gasteiger partial charge in [0.2, 0.25) is 0 Å². The molecule has 2 aromatic carbocycles. The molecule has 0 radical (unpaired) electrons. The number of rotatable bonds is 4. The maximum Gasteiger partial charge on any atom is 0.0768 e. The number of halogens is 2. The summed E-state index contributed by atoms with van der Waals surface area (Å²) in [6, 6.07) is 14.2. The fourth-order valence-corrected chi connectivity index (χ4v) is 4.18. The van der Waals surface area contributed by atoms with E-state index >= 15 is 0 Å². The van der Waals surface area contributed by atoms with Gasteiger partial charge < -0.3 is 4.74 Å². The first-order valence-electron chi connectivity index (χ1n) is 9.41. The van der Waals surface area contributed by atoms with E-state index in [4.69, 9.17) is 27.9 Å². The molecular formula is C23H23Cl2NO. The van der Waals surface area contributed by atoms with Gasteiger partial charge in [0.05, 0.1) is 12.7 Å². The van der Waals surface area contributed by atoms with Gasteiger partial charge in [0.15, 0.2) is 0 Å². The molecule has 2 atom stereocenters. The Hall–Kier alpha value is -1.58. The molecule has 0 aromatic heterocycles. The van der Waals surface area contributed by atoms with Gasteiger partial charge in [0.25, 0.3) is 0 Å². The number of morpholine rings is 1. The Kier molecular flexibility index (Phi) is 5.99. The quantitative estimate of drug-likeness (QED) is 0.625. The second-order valence-electron chi connectivity index (χ2n) is 7.18. The van der Waals surface area contributed by atoms with Crippen LogP contribution < -0.4 is 0 Å². The summed E-state index contributed by atoms with van der Waals surface area (Å²) >= 11 is 12.4. The summed E-state index contributed by atoms with van der Waals surface area (Å²) in [5.74, 6) is 0.491. The fourth-order valence-electron chi connectivity index (χ4n) is 3.78. The molecule has 0 N–H and O–H groups in total. The van der Waals surface area contributed by atoms with Gasteiger partial charge in [-0.25, -0.2) is 0 Å². The Bertz CT molecular complexity index is 844. The molecule has 1 saturated heterocycles. The minimum absolute atomic E-state index is 0.282. The molecular weight excluding hydrogens is 377 g/mol. The largest absolute Gasteiger partial charge is 0.375 e. The number of ether oxygens (including phenoxy) is 1. The van der Waals surface area contributed by atoms with Crippen LogP contribution in [-0.2, 0) is 11.3 Å². The van der Waals surface area contributed by atoms with Gasteiger partial charge in [-0.3, -0.25) is 4.90 Å². The van der Waals surface area contributed by atoms with Gasteiger partial charge >= 0.3 is 0 Å². The van der Waals surface area contributed by atoms with Crippen molar-refractivity contribution in [3.8, 4) is 11.1 Å². The van der Waals surface area contributed by atoms with Crippen molar-refractivity contribution in [3.05, 3.63) is 82.4 Å². The third-order valence-corrected chi connectivity index (χ3v) is 5.83. The Morgan fingerprint density at radius 3 is 2.67 bits per heavy atom. The van der Waals surface area contributed by atoms with Crippen LogP contribution in [0.3, 0.4) is 0 Å². The maximum atomic E-state index is 6.32. The summed E-state index contributed by atoms with van der Waals surface area (Å²) < 4.78 is 6.03. The van der Waals surface area contributed by atoms with E-state index in [-0.39, 0.29) is 6.10 Å². The SMILES string of the molecule is Clc1ccc(Cl)c(-c2ccc(CN3CCO[C@@H](C4C=CC=CC4)C3)cc2)c1. The van der Waals surface area contributed by atoms with Crippen LogP contribution in [0.5, 0.6) is 0 Å². The van der Waals surface area contributed by atoms with Crippen LogP contribution in [0, 0.1) is 5.92 Å². The lowest BCUT2D eigenvalue weighted by molar-refractivity contribution is -0.0504. The third kappa shape index (κ3) is 4.64. The van der Waals surface area contributed by atoms with Crippen LogP contribution in [0.1, 0.15) is 12.0 Å². The van der Waals surface area contributed by atoms with Crippen LogP contribution in [-0.4, -0.2) is 30.7 Å². The van der Waals surface area contributed by atoms with Crippen molar-refractivity contribution in [2.75, 3.05) is 19.7 Å². The van der Waals surface area contributed by atoms with E-state index < -0.39 is 0 Å². The summed E-state index contributed by atoms with van der Waals surface area (Å²) in [4.78, 5) is 2.49. The molecule has 140 valence electrons. The molecule has 1 aliphatic carbocycles. The molecule has 1 fully saturated rings. The summed E-state index contributed by atoms with van der Waals surface area (Å²) in [6.07, 6.45) is 10.1. The molecule has 1 unspecified atom stereocenters. The molecule has 0 saturated carbocycles. The van der Waals surface area contributed by atoms with Gasteiger partial charge in [-0.2, -0.15) is 0 Å². The Balaban J connectivity index is 1.41. The first kappa shape index (κ1) is 18.8. The molecule has 0 amide bonds. The van der Waals surface area contributed by atoms with E-state index in [9.17, 15) is 0 Å². The zero-order chi connectivity index (χ0) is 18.6. The summed E-state index contributed by atoms with van der Waals surface area (Å²) in [5.41, 5.74) is 3.36. The predicted octanol–water partition coefficient (Wildman–Crippen LogP) is 5.99. The molecule has 2 aliphatic rings. The van der Waals surface area contributed by atoms with Crippen LogP contribution >= 0.6 is 23.2 Å². The smallest absolute Gasteiger partial charge is 0.0768 e. The Morgan fingerprint density at radius 1 is 1.04 bits per heavy atom. The third-order valence-electron chi connectivity index (χ3n) is 5.27. The topological polar surface area (TPSA) is 12.5 Å². The van der Waals surface area contributed by atoms with Crippen molar-refractivity contribution in [2.24, 2.45) is 5.92 Å². The molecule has 1 aliphatic heterocycles. The van der Waals surface area contributed by atoms with Crippen molar-refractivity contribution in [1.29, 1.82) is 0 Å². The molecule has 27 heavy (non-hydrogen) atoms. The Morgan fingerprint density at radius 2 is 1.89 bits per heavy atom. The minimum atomic E-state index is 0.282. The normalized spacial score (nSPS) is 22.9. The number of hydrogen-bond acceptors (Lipinski definition) is 2. The highest BCUT2D eigenvalue weighted by Crippen LogP contribution is 2.31. The Labute approximate surface area is 171 Å². The molecule has 1 heterocycles. The lowest BCUT2D eigenvalue weighted by Gasteiger charge is -2.36. The average molecular weight is 400 g/mol. The van der Waals surface area contributed by atoms with Crippen LogP contribution in [0.2, 0.25) is 10.0 Å². The zero-order valence-corrected chi connectivity index (χ0v) is 16.7. The fraction of sp³-hybridized carbons (Fsp3) is 0.304. The van der Waals surface area contributed by atoms with Crippen LogP contribution in [0.4, 0.5) is 0 Å². The molecule has 4 heteroatoms. The lowest BCUT2D eigenvalue weighted by Crippen LogP contribution is -2.45. The highest BCUT2D eigenvalue weighted by molar-refractivity contribution is 6.35. The number of allylic oxidation sites excluding steroid dienone is 3. The monoisotopic (exact) mass is 399 g/mol. The standard InChI is InChI=1S/C23H23Cl2NO/c24-20-10-11-22(25)21(14-20)18-8-6-17(7-9-18)15-26-12-13-27-23(16-26)19-4-2-1-3-5-19/h1-4,6-11,14,19,23H,5,12-13,15-16H2/t19?,23-/m1/s1. The van der Waals surface area contributed by atoms with Gasteiger partial charge in [0, 0.05) is 41.2 Å². The maximum absolute atomic E-state index is 6.32. The van der Waals surface area contributed by atoms with E-state index in [1.54, 1.807) is 0 Å². The van der Waals surface area contributed by atoms with E-state index in [1.807, 2.05) is 18.2 Å². The molecule has 4 rings (SSSR count). The lowest BCUT2D eigenvalue weighted by atomic mass is 9.93. The summed E-state index contributed by atoms with van der Waals surface area (Å²) in [6.45, 7) is 3.69. The minimum Gasteiger partial charge on any atom is -0.375 e. The average Bonchev–Trinajstić information content (AvgIpc) is 2.71. The van der Waals surface area contributed by atoms with Gasteiger partial charge in [-0.15, -0.1) is 0 Å². The summed E-state index contributed by atoms with van der Waals surface area (Å²) in [7, 11) is 0. The van der Waals surface area contributed by atoms with E-state index in [1.165, 1.54) is 5.56 Å². The van der Waals surface area contributed by atoms with Crippen molar-refractivity contribution in [3.63, 3.8) is 0 Å². The van der Waals surface area contributed by atoms with Gasteiger partial charge in [-0.1, -0.05) is 71.8 Å². The predicted molar refractivity (Wildman–Crippen MR) is 113 cm³/mol. The van der Waals surface area contributed by atoms with Crippen molar-refractivity contribution < 1.29 is 4.74 Å². The molecule has 0 bridgehead atoms. The molecule has 0 spiro atoms. The zero-order valence-electron chi connectivity index (χ0n) is 15.2. The number of nitrogens with zero attached hydrogens (tertiary/aromatic N) is 1. The first-order chi connectivity index (χ1) is 13.2. The number of benzene rings is 2. The van der Waals surface area contributed by atoms with Crippen molar-refractivity contribution in [2.45, 2.75) is 19.1 Å². The van der Waals surface area contributed by atoms with Crippen molar-refractivity contribution >= 4 is 23.2 Å². The highest BCUT2D eigenvalue weighted by Gasteiger charge is 2.26. The van der Waals surface area contributed by atoms with Gasteiger partial charge in [-0.05, 0) is 35.7 Å². The van der Waals surface area contributed by atoms with Crippen LogP contribution in [0.15, 0.2) is 66.8 Å². The van der Waals surface area contributed by atoms with Gasteiger partial charge in [0.1, 0.15) is 0 Å². The second kappa shape index (κ2) is 8.62. The second-order valence-corrected chi connectivity index (χ2v) is 8.02. The number of hydrogen-bond donors (Lipinski definition) is 0. The molecule has 2 nitrogen and oxygen atoms in total. The molecule has 2 aromatic rings. The van der Waals surface area contributed by atoms with E-state index in [0.29, 0.717) is 10.9 Å². The van der Waals surface area contributed by atoms with E-state index in [2.05, 4.69) is 53.5 Å². The van der Waals surface area contributed by atoms with Crippen molar-refractivity contribution in [1.82, 2.24) is 4.90 Å². The van der Waals surface area contributed by atoms with E-state index in [0.717, 1.165) is 48.8 Å². The summed E-state index contributed by atoms with van der Waals surface area (Å²) in [5, 5.41) is 1.42.